The summed E-state index contributed by atoms with van der Waals surface area (Å²) in [4.78, 5) is 26.7. The first kappa shape index (κ1) is 17.1. The lowest BCUT2D eigenvalue weighted by molar-refractivity contribution is -0.134. The maximum absolute atomic E-state index is 12.4. The van der Waals surface area contributed by atoms with Crippen LogP contribution in [-0.2, 0) is 9.59 Å². The van der Waals surface area contributed by atoms with Crippen molar-refractivity contribution < 1.29 is 9.59 Å². The van der Waals surface area contributed by atoms with E-state index >= 15 is 0 Å². The second kappa shape index (κ2) is 6.86. The summed E-state index contributed by atoms with van der Waals surface area (Å²) in [7, 11) is 3.84. The molecule has 1 aliphatic rings. The number of nitrogens with one attached hydrogen (secondary N) is 2. The molecule has 1 fully saturated rings. The number of hydrogen-bond donors (Lipinski definition) is 2. The third-order valence-corrected chi connectivity index (χ3v) is 4.30. The van der Waals surface area contributed by atoms with Crippen LogP contribution in [0.2, 0.25) is 10.0 Å². The number of rotatable bonds is 6. The molecule has 1 saturated carbocycles. The first-order valence-electron chi connectivity index (χ1n) is 7.05. The molecular formula is C15H19Cl2N3O2. The molecule has 2 N–H and O–H groups in total. The fourth-order valence-corrected chi connectivity index (χ4v) is 2.59. The van der Waals surface area contributed by atoms with Crippen LogP contribution >= 0.6 is 23.2 Å². The molecule has 0 aliphatic heterocycles. The molecule has 2 amide bonds. The maximum atomic E-state index is 12.4. The van der Waals surface area contributed by atoms with Crippen molar-refractivity contribution in [3.63, 3.8) is 0 Å². The number of benzene rings is 1. The molecule has 22 heavy (non-hydrogen) atoms. The highest BCUT2D eigenvalue weighted by molar-refractivity contribution is 6.40. The number of halogens is 2. The molecule has 1 aliphatic carbocycles. The summed E-state index contributed by atoms with van der Waals surface area (Å²) >= 11 is 12.1. The van der Waals surface area contributed by atoms with Crippen LogP contribution in [0.5, 0.6) is 0 Å². The quantitative estimate of drug-likeness (QED) is 0.779. The van der Waals surface area contributed by atoms with Gasteiger partial charge < -0.3 is 15.5 Å². The van der Waals surface area contributed by atoms with E-state index in [1.54, 1.807) is 18.2 Å². The second-order valence-electron chi connectivity index (χ2n) is 5.69. The molecule has 0 heterocycles. The number of anilines is 1. The molecule has 5 nitrogen and oxygen atoms in total. The SMILES string of the molecule is CN(C)CCNC(=O)C1(C(=O)Nc2c(Cl)cccc2Cl)CC1. The summed E-state index contributed by atoms with van der Waals surface area (Å²) in [6.07, 6.45) is 1.07. The molecule has 0 atom stereocenters. The Morgan fingerprint density at radius 3 is 2.27 bits per heavy atom. The predicted molar refractivity (Wildman–Crippen MR) is 88.3 cm³/mol. The fourth-order valence-electron chi connectivity index (χ4n) is 2.09. The summed E-state index contributed by atoms with van der Waals surface area (Å²) in [6.45, 7) is 1.23. The third-order valence-electron chi connectivity index (χ3n) is 3.67. The maximum Gasteiger partial charge on any atom is 0.240 e. The topological polar surface area (TPSA) is 61.4 Å². The van der Waals surface area contributed by atoms with Crippen LogP contribution < -0.4 is 10.6 Å². The highest BCUT2D eigenvalue weighted by Gasteiger charge is 2.56. The predicted octanol–water partition coefficient (Wildman–Crippen LogP) is 2.39. The number of carbonyl (C=O) groups excluding carboxylic acids is 2. The standard InChI is InChI=1S/C15H19Cl2N3O2/c1-20(2)9-8-18-13(21)15(6-7-15)14(22)19-12-10(16)4-3-5-11(12)17/h3-5H,6-9H2,1-2H3,(H,18,21)(H,19,22). The van der Waals surface area contributed by atoms with Crippen LogP contribution in [0.15, 0.2) is 18.2 Å². The minimum absolute atomic E-state index is 0.241. The van der Waals surface area contributed by atoms with E-state index < -0.39 is 5.41 Å². The van der Waals surface area contributed by atoms with E-state index in [0.717, 1.165) is 6.54 Å². The van der Waals surface area contributed by atoms with Crippen LogP contribution in [-0.4, -0.2) is 43.9 Å². The summed E-state index contributed by atoms with van der Waals surface area (Å²) in [5, 5.41) is 6.20. The zero-order valence-electron chi connectivity index (χ0n) is 12.6. The normalized spacial score (nSPS) is 15.5. The van der Waals surface area contributed by atoms with Gasteiger partial charge in [0.05, 0.1) is 15.7 Å². The van der Waals surface area contributed by atoms with E-state index in [2.05, 4.69) is 10.6 Å². The van der Waals surface area contributed by atoms with Crippen molar-refractivity contribution in [1.29, 1.82) is 0 Å². The average Bonchev–Trinajstić information content (AvgIpc) is 3.24. The van der Waals surface area contributed by atoms with Crippen LogP contribution in [0.3, 0.4) is 0 Å². The lowest BCUT2D eigenvalue weighted by Gasteiger charge is -2.17. The molecule has 1 aromatic rings. The smallest absolute Gasteiger partial charge is 0.240 e. The van der Waals surface area contributed by atoms with E-state index in [9.17, 15) is 9.59 Å². The summed E-state index contributed by atoms with van der Waals surface area (Å²) in [6, 6.07) is 4.97. The van der Waals surface area contributed by atoms with Gasteiger partial charge >= 0.3 is 0 Å². The van der Waals surface area contributed by atoms with Crippen molar-refractivity contribution >= 4 is 40.7 Å². The molecule has 120 valence electrons. The van der Waals surface area contributed by atoms with Crippen LogP contribution in [0.25, 0.3) is 0 Å². The molecule has 0 spiro atoms. The van der Waals surface area contributed by atoms with Crippen molar-refractivity contribution in [3.8, 4) is 0 Å². The Balaban J connectivity index is 2.01. The molecule has 0 bridgehead atoms. The molecule has 1 aromatic carbocycles. The van der Waals surface area contributed by atoms with Crippen LogP contribution in [0, 0.1) is 5.41 Å². The van der Waals surface area contributed by atoms with Gasteiger partial charge in [-0.1, -0.05) is 29.3 Å². The summed E-state index contributed by atoms with van der Waals surface area (Å²) in [5.41, 5.74) is -0.641. The summed E-state index contributed by atoms with van der Waals surface area (Å²) in [5.74, 6) is -0.597. The molecule has 2 rings (SSSR count). The Morgan fingerprint density at radius 1 is 1.18 bits per heavy atom. The molecule has 0 saturated heterocycles. The van der Waals surface area contributed by atoms with Crippen molar-refractivity contribution in [2.45, 2.75) is 12.8 Å². The van der Waals surface area contributed by atoms with Gasteiger partial charge in [-0.25, -0.2) is 0 Å². The first-order valence-corrected chi connectivity index (χ1v) is 7.81. The molecule has 0 radical (unpaired) electrons. The number of para-hydroxylation sites is 1. The van der Waals surface area contributed by atoms with Gasteiger partial charge in [0, 0.05) is 13.1 Å². The van der Waals surface area contributed by atoms with Gasteiger partial charge in [-0.05, 0) is 39.1 Å². The van der Waals surface area contributed by atoms with Gasteiger partial charge in [-0.3, -0.25) is 9.59 Å². The number of likely N-dealkylation sites (N-methyl/N-ethyl adjacent to an activating group) is 1. The van der Waals surface area contributed by atoms with E-state index in [-0.39, 0.29) is 11.8 Å². The Kier molecular flexibility index (Phi) is 5.32. The molecule has 0 unspecified atom stereocenters. The van der Waals surface area contributed by atoms with Gasteiger partial charge in [-0.15, -0.1) is 0 Å². The Hall–Kier alpha value is -1.30. The van der Waals surface area contributed by atoms with Gasteiger partial charge in [0.15, 0.2) is 0 Å². The minimum atomic E-state index is -0.991. The van der Waals surface area contributed by atoms with Crippen LogP contribution in [0.1, 0.15) is 12.8 Å². The minimum Gasteiger partial charge on any atom is -0.354 e. The highest BCUT2D eigenvalue weighted by atomic mass is 35.5. The second-order valence-corrected chi connectivity index (χ2v) is 6.51. The van der Waals surface area contributed by atoms with E-state index in [1.807, 2.05) is 19.0 Å². The number of nitrogens with zero attached hydrogens (tertiary/aromatic N) is 1. The largest absolute Gasteiger partial charge is 0.354 e. The fraction of sp³-hybridized carbons (Fsp3) is 0.467. The molecule has 7 heteroatoms. The van der Waals surface area contributed by atoms with E-state index in [1.165, 1.54) is 0 Å². The number of amides is 2. The molecule has 0 aromatic heterocycles. The van der Waals surface area contributed by atoms with Gasteiger partial charge in [0.1, 0.15) is 5.41 Å². The van der Waals surface area contributed by atoms with Crippen LogP contribution in [0.4, 0.5) is 5.69 Å². The van der Waals surface area contributed by atoms with Gasteiger partial charge in [0.2, 0.25) is 11.8 Å². The van der Waals surface area contributed by atoms with Crippen molar-refractivity contribution in [3.05, 3.63) is 28.2 Å². The zero-order chi connectivity index (χ0) is 16.3. The monoisotopic (exact) mass is 343 g/mol. The Morgan fingerprint density at radius 2 is 1.77 bits per heavy atom. The zero-order valence-corrected chi connectivity index (χ0v) is 14.1. The average molecular weight is 344 g/mol. The van der Waals surface area contributed by atoms with Gasteiger partial charge in [0.25, 0.3) is 0 Å². The van der Waals surface area contributed by atoms with Crippen molar-refractivity contribution in [2.24, 2.45) is 5.41 Å². The lowest BCUT2D eigenvalue weighted by atomic mass is 10.1. The Bertz CT molecular complexity index is 566. The van der Waals surface area contributed by atoms with Gasteiger partial charge in [-0.2, -0.15) is 0 Å². The highest BCUT2D eigenvalue weighted by Crippen LogP contribution is 2.47. The van der Waals surface area contributed by atoms with Crippen molar-refractivity contribution in [1.82, 2.24) is 10.2 Å². The first-order chi connectivity index (χ1) is 10.4. The number of carbonyl (C=O) groups is 2. The number of hydrogen-bond acceptors (Lipinski definition) is 3. The van der Waals surface area contributed by atoms with Crippen molar-refractivity contribution in [2.75, 3.05) is 32.5 Å². The lowest BCUT2D eigenvalue weighted by Crippen LogP contribution is -2.42. The molecular weight excluding hydrogens is 325 g/mol. The Labute approximate surface area is 139 Å². The third kappa shape index (κ3) is 3.72. The van der Waals surface area contributed by atoms with E-state index in [0.29, 0.717) is 35.1 Å². The summed E-state index contributed by atoms with van der Waals surface area (Å²) < 4.78 is 0. The van der Waals surface area contributed by atoms with E-state index in [4.69, 9.17) is 23.2 Å².